The van der Waals surface area contributed by atoms with E-state index in [2.05, 4.69) is 9.98 Å². The molecule has 0 saturated carbocycles. The number of fused-ring (bicyclic) bond motifs is 1. The summed E-state index contributed by atoms with van der Waals surface area (Å²) in [4.78, 5) is 72.6. The minimum absolute atomic E-state index is 0.0399. The number of barbiturate groups is 1. The number of methoxy groups -OCH3 is 1. The largest absolute Gasteiger partial charge is 0.506 e. The molecule has 5 rings (SSSR count). The van der Waals surface area contributed by atoms with Gasteiger partial charge >= 0.3 is 6.03 Å². The number of amides is 6. The lowest BCUT2D eigenvalue weighted by Crippen LogP contribution is -2.56. The van der Waals surface area contributed by atoms with Crippen molar-refractivity contribution in [3.63, 3.8) is 0 Å². The zero-order chi connectivity index (χ0) is 28.6. The first-order chi connectivity index (χ1) is 19.1. The fraction of sp³-hybridized carbons (Fsp3) is 0.115. The maximum Gasteiger partial charge on any atom is 0.331 e. The number of carbonyl (C=O) groups is 5. The molecule has 2 aliphatic rings. The molecule has 2 N–H and O–H groups in total. The van der Waals surface area contributed by atoms with Crippen LogP contribution in [0.4, 0.5) is 10.5 Å². The van der Waals surface area contributed by atoms with Gasteiger partial charge in [-0.2, -0.15) is 0 Å². The summed E-state index contributed by atoms with van der Waals surface area (Å²) in [6.45, 7) is -0.824. The van der Waals surface area contributed by atoms with Gasteiger partial charge in [0.2, 0.25) is 11.8 Å². The maximum absolute atomic E-state index is 13.5. The second kappa shape index (κ2) is 10.8. The number of ether oxygens (including phenoxy) is 1. The molecule has 12 nitrogen and oxygen atoms in total. The lowest BCUT2D eigenvalue weighted by molar-refractivity contribution is -0.143. The molecule has 3 aromatic rings. The average Bonchev–Trinajstić information content (AvgIpc) is 3.21. The highest BCUT2D eigenvalue weighted by atomic mass is 35.5. The molecule has 0 radical (unpaired) electrons. The van der Waals surface area contributed by atoms with Gasteiger partial charge < -0.3 is 9.84 Å². The fourth-order valence-electron chi connectivity index (χ4n) is 3.89. The molecule has 6 amide bonds. The quantitative estimate of drug-likeness (QED) is 0.263. The Bertz CT molecular complexity index is 1670. The Balaban J connectivity index is 1.53. The van der Waals surface area contributed by atoms with Crippen molar-refractivity contribution in [2.45, 2.75) is 6.42 Å². The molecule has 0 spiro atoms. The summed E-state index contributed by atoms with van der Waals surface area (Å²) in [6, 6.07) is 11.9. The summed E-state index contributed by atoms with van der Waals surface area (Å²) in [7, 11) is 1.52. The van der Waals surface area contributed by atoms with Crippen molar-refractivity contribution in [1.82, 2.24) is 20.1 Å². The van der Waals surface area contributed by atoms with Crippen LogP contribution in [-0.2, 0) is 19.2 Å². The lowest BCUT2D eigenvalue weighted by Gasteiger charge is -2.25. The molecule has 0 bridgehead atoms. The number of carbonyl (C=O) groups excluding carboxylic acids is 5. The molecular formula is C26H18ClN5O7S. The minimum atomic E-state index is -1.08. The Morgan fingerprint density at radius 1 is 1.20 bits per heavy atom. The van der Waals surface area contributed by atoms with Crippen molar-refractivity contribution < 1.29 is 33.8 Å². The molecule has 2 fully saturated rings. The molecule has 3 heterocycles. The number of phenolic OH excluding ortho intramolecular Hbond substituents is 1. The third-order valence-corrected chi connectivity index (χ3v) is 7.11. The number of phenols is 1. The number of pyridine rings is 1. The third kappa shape index (κ3) is 5.24. The van der Waals surface area contributed by atoms with Crippen molar-refractivity contribution in [2.75, 3.05) is 13.7 Å². The van der Waals surface area contributed by atoms with E-state index < -0.39 is 42.6 Å². The van der Waals surface area contributed by atoms with E-state index in [0.29, 0.717) is 32.0 Å². The van der Waals surface area contributed by atoms with Gasteiger partial charge in [0.25, 0.3) is 11.8 Å². The number of hydrogen-bond acceptors (Lipinski definition) is 10. The van der Waals surface area contributed by atoms with Crippen LogP contribution in [0.1, 0.15) is 12.0 Å². The SMILES string of the molecule is COc1ccc2nc(Cl)c(/C=C3\SC(=Nc4ccccc4O)N(C(=O)CN4C(=O)CC(=O)NC4=O)C3=O)cc2c1. The Morgan fingerprint density at radius 3 is 2.70 bits per heavy atom. The molecule has 0 atom stereocenters. The van der Waals surface area contributed by atoms with Crippen LogP contribution in [0.15, 0.2) is 58.4 Å². The molecule has 202 valence electrons. The van der Waals surface area contributed by atoms with Gasteiger partial charge in [-0.25, -0.2) is 19.7 Å². The van der Waals surface area contributed by atoms with Gasteiger partial charge in [0.15, 0.2) is 5.17 Å². The summed E-state index contributed by atoms with van der Waals surface area (Å²) in [5.41, 5.74) is 1.05. The third-order valence-electron chi connectivity index (χ3n) is 5.84. The number of nitrogens with one attached hydrogen (secondary N) is 1. The summed E-state index contributed by atoms with van der Waals surface area (Å²) in [5, 5.41) is 12.8. The van der Waals surface area contributed by atoms with Crippen LogP contribution in [0.2, 0.25) is 5.15 Å². The number of benzene rings is 2. The van der Waals surface area contributed by atoms with Gasteiger partial charge in [-0.3, -0.25) is 29.4 Å². The summed E-state index contributed by atoms with van der Waals surface area (Å²) in [6.07, 6.45) is 0.816. The van der Waals surface area contributed by atoms with Crippen molar-refractivity contribution in [3.05, 3.63) is 64.2 Å². The van der Waals surface area contributed by atoms with E-state index >= 15 is 0 Å². The van der Waals surface area contributed by atoms with E-state index in [0.717, 1.165) is 11.8 Å². The number of aliphatic imine (C=N–C) groups is 1. The molecule has 2 aromatic carbocycles. The first-order valence-electron chi connectivity index (χ1n) is 11.6. The number of rotatable bonds is 5. The second-order valence-corrected chi connectivity index (χ2v) is 9.83. The summed E-state index contributed by atoms with van der Waals surface area (Å²) < 4.78 is 5.26. The van der Waals surface area contributed by atoms with E-state index in [4.69, 9.17) is 16.3 Å². The first kappa shape index (κ1) is 26.8. The Hall–Kier alpha value is -4.75. The topological polar surface area (TPSA) is 159 Å². The number of hydrogen-bond donors (Lipinski definition) is 2. The highest BCUT2D eigenvalue weighted by Gasteiger charge is 2.41. The summed E-state index contributed by atoms with van der Waals surface area (Å²) >= 11 is 7.22. The van der Waals surface area contributed by atoms with Gasteiger partial charge in [0.1, 0.15) is 35.3 Å². The average molecular weight is 580 g/mol. The van der Waals surface area contributed by atoms with Crippen LogP contribution in [0, 0.1) is 0 Å². The van der Waals surface area contributed by atoms with Crippen molar-refractivity contribution in [1.29, 1.82) is 0 Å². The molecule has 14 heteroatoms. The molecule has 0 aliphatic carbocycles. The minimum Gasteiger partial charge on any atom is -0.506 e. The number of aromatic nitrogens is 1. The van der Waals surface area contributed by atoms with Crippen LogP contribution in [0.25, 0.3) is 17.0 Å². The van der Waals surface area contributed by atoms with E-state index in [9.17, 15) is 29.1 Å². The van der Waals surface area contributed by atoms with Crippen LogP contribution < -0.4 is 10.1 Å². The Labute approximate surface area is 235 Å². The van der Waals surface area contributed by atoms with Gasteiger partial charge in [0, 0.05) is 10.9 Å². The highest BCUT2D eigenvalue weighted by molar-refractivity contribution is 8.18. The van der Waals surface area contributed by atoms with Crippen LogP contribution in [0.5, 0.6) is 11.5 Å². The van der Waals surface area contributed by atoms with Crippen LogP contribution in [-0.4, -0.2) is 68.4 Å². The zero-order valence-corrected chi connectivity index (χ0v) is 22.2. The number of nitrogens with zero attached hydrogens (tertiary/aromatic N) is 4. The van der Waals surface area contributed by atoms with Gasteiger partial charge in [-0.1, -0.05) is 23.7 Å². The highest BCUT2D eigenvalue weighted by Crippen LogP contribution is 2.37. The smallest absolute Gasteiger partial charge is 0.331 e. The fourth-order valence-corrected chi connectivity index (χ4v) is 5.07. The predicted octanol–water partition coefficient (Wildman–Crippen LogP) is 3.20. The summed E-state index contributed by atoms with van der Waals surface area (Å²) in [5.74, 6) is -3.05. The van der Waals surface area contributed by atoms with Crippen molar-refractivity contribution in [2.24, 2.45) is 4.99 Å². The van der Waals surface area contributed by atoms with Gasteiger partial charge in [-0.05, 0) is 54.2 Å². The lowest BCUT2D eigenvalue weighted by atomic mass is 10.1. The number of imide groups is 3. The molecule has 0 unspecified atom stereocenters. The predicted molar refractivity (Wildman–Crippen MR) is 146 cm³/mol. The van der Waals surface area contributed by atoms with Crippen molar-refractivity contribution >= 4 is 80.9 Å². The standard InChI is InChI=1S/C26H18ClN5O7S/c1-39-15-6-7-16-13(9-15)8-14(23(27)28-16)10-19-24(37)32(26(40-19)29-17-4-2-3-5-18(17)33)22(36)12-31-21(35)11-20(34)30-25(31)38/h2-10,33H,11-12H2,1H3,(H,30,34,38)/b19-10-,29-26?. The number of urea groups is 1. The number of para-hydroxylation sites is 2. The Morgan fingerprint density at radius 2 is 1.98 bits per heavy atom. The maximum atomic E-state index is 13.5. The second-order valence-electron chi connectivity index (χ2n) is 8.47. The van der Waals surface area contributed by atoms with Gasteiger partial charge in [0.05, 0.1) is 17.5 Å². The van der Waals surface area contributed by atoms with E-state index in [1.54, 1.807) is 36.4 Å². The number of halogens is 1. The van der Waals surface area contributed by atoms with Crippen LogP contribution in [0.3, 0.4) is 0 Å². The van der Waals surface area contributed by atoms with Crippen molar-refractivity contribution in [3.8, 4) is 11.5 Å². The van der Waals surface area contributed by atoms with E-state index in [1.807, 2.05) is 5.32 Å². The molecule has 40 heavy (non-hydrogen) atoms. The number of aromatic hydroxyl groups is 1. The molecule has 1 aromatic heterocycles. The Kier molecular flexibility index (Phi) is 7.24. The number of amidine groups is 1. The van der Waals surface area contributed by atoms with Crippen LogP contribution >= 0.6 is 23.4 Å². The van der Waals surface area contributed by atoms with E-state index in [1.165, 1.54) is 25.3 Å². The zero-order valence-electron chi connectivity index (χ0n) is 20.6. The number of thioether (sulfide) groups is 1. The van der Waals surface area contributed by atoms with Gasteiger partial charge in [-0.15, -0.1) is 0 Å². The molecule has 2 aliphatic heterocycles. The monoisotopic (exact) mass is 579 g/mol. The molecule has 2 saturated heterocycles. The normalized spacial score (nSPS) is 17.8. The first-order valence-corrected chi connectivity index (χ1v) is 12.8. The molecular weight excluding hydrogens is 562 g/mol. The van der Waals surface area contributed by atoms with E-state index in [-0.39, 0.29) is 26.7 Å².